The highest BCUT2D eigenvalue weighted by Gasteiger charge is 2.21. The second-order valence-corrected chi connectivity index (χ2v) is 4.76. The second-order valence-electron chi connectivity index (χ2n) is 4.76. The topological polar surface area (TPSA) is 26.3 Å². The van der Waals surface area contributed by atoms with Gasteiger partial charge >= 0.3 is 0 Å². The zero-order chi connectivity index (χ0) is 13.4. The Bertz CT molecular complexity index is 649. The molecule has 0 spiro atoms. The van der Waals surface area contributed by atoms with Gasteiger partial charge in [-0.05, 0) is 42.8 Å². The van der Waals surface area contributed by atoms with Crippen LogP contribution in [0.25, 0.3) is 0 Å². The van der Waals surface area contributed by atoms with Crippen molar-refractivity contribution in [1.29, 1.82) is 0 Å². The third-order valence-electron chi connectivity index (χ3n) is 3.28. The molecule has 0 saturated carbocycles. The van der Waals surface area contributed by atoms with Crippen molar-refractivity contribution in [2.75, 3.05) is 0 Å². The Morgan fingerprint density at radius 2 is 2.05 bits per heavy atom. The van der Waals surface area contributed by atoms with E-state index < -0.39 is 5.82 Å². The largest absolute Gasteiger partial charge is 0.490 e. The lowest BCUT2D eigenvalue weighted by Crippen LogP contribution is -2.05. The van der Waals surface area contributed by atoms with Crippen molar-refractivity contribution < 1.29 is 13.9 Å². The number of carbonyl (C=O) groups is 1. The molecule has 3 rings (SSSR count). The summed E-state index contributed by atoms with van der Waals surface area (Å²) in [7, 11) is 0. The van der Waals surface area contributed by atoms with Crippen LogP contribution in [0.4, 0.5) is 4.39 Å². The summed E-state index contributed by atoms with van der Waals surface area (Å²) in [5.74, 6) is 0.0376. The number of rotatable bonds is 2. The van der Waals surface area contributed by atoms with Gasteiger partial charge in [0.15, 0.2) is 5.78 Å². The fraction of sp³-hybridized carbons (Fsp3) is 0.188. The lowest BCUT2D eigenvalue weighted by molar-refractivity contribution is 0.103. The molecule has 0 bridgehead atoms. The Hall–Kier alpha value is -2.16. The summed E-state index contributed by atoms with van der Waals surface area (Å²) >= 11 is 0. The maximum absolute atomic E-state index is 13.6. The molecule has 2 aromatic rings. The fourth-order valence-electron chi connectivity index (χ4n) is 2.36. The molecule has 1 aliphatic rings. The average Bonchev–Trinajstić information content (AvgIpc) is 2.77. The molecule has 96 valence electrons. The van der Waals surface area contributed by atoms with E-state index in [-0.39, 0.29) is 17.5 Å². The Balaban J connectivity index is 1.98. The van der Waals surface area contributed by atoms with Crippen molar-refractivity contribution in [2.45, 2.75) is 19.4 Å². The summed E-state index contributed by atoms with van der Waals surface area (Å²) in [5, 5.41) is 0. The molecule has 0 aliphatic carbocycles. The quantitative estimate of drug-likeness (QED) is 0.770. The number of fused-ring (bicyclic) bond motifs is 1. The van der Waals surface area contributed by atoms with Crippen molar-refractivity contribution in [3.05, 3.63) is 65.0 Å². The van der Waals surface area contributed by atoms with Crippen LogP contribution in [0.15, 0.2) is 42.5 Å². The van der Waals surface area contributed by atoms with E-state index in [9.17, 15) is 9.18 Å². The highest BCUT2D eigenvalue weighted by atomic mass is 19.1. The van der Waals surface area contributed by atoms with E-state index in [1.165, 1.54) is 12.1 Å². The molecule has 1 heterocycles. The first-order chi connectivity index (χ1) is 9.15. The predicted octanol–water partition coefficient (Wildman–Crippen LogP) is 3.38. The molecule has 0 fully saturated rings. The minimum atomic E-state index is -0.488. The van der Waals surface area contributed by atoms with E-state index in [0.29, 0.717) is 5.56 Å². The van der Waals surface area contributed by atoms with Gasteiger partial charge in [-0.15, -0.1) is 0 Å². The van der Waals surface area contributed by atoms with Gasteiger partial charge in [0.1, 0.15) is 17.7 Å². The van der Waals surface area contributed by atoms with Gasteiger partial charge in [-0.3, -0.25) is 4.79 Å². The van der Waals surface area contributed by atoms with Gasteiger partial charge in [0.25, 0.3) is 0 Å². The highest BCUT2D eigenvalue weighted by Crippen LogP contribution is 2.30. The molecule has 0 amide bonds. The summed E-state index contributed by atoms with van der Waals surface area (Å²) in [6, 6.07) is 11.3. The van der Waals surface area contributed by atoms with Gasteiger partial charge in [-0.25, -0.2) is 4.39 Å². The number of benzene rings is 2. The third kappa shape index (κ3) is 2.12. The number of ether oxygens (including phenoxy) is 1. The van der Waals surface area contributed by atoms with Crippen molar-refractivity contribution in [2.24, 2.45) is 0 Å². The van der Waals surface area contributed by atoms with Gasteiger partial charge in [-0.2, -0.15) is 0 Å². The number of ketones is 1. The summed E-state index contributed by atoms with van der Waals surface area (Å²) in [6.07, 6.45) is 0.919. The monoisotopic (exact) mass is 256 g/mol. The molecule has 1 atom stereocenters. The molecule has 1 aliphatic heterocycles. The zero-order valence-electron chi connectivity index (χ0n) is 10.5. The van der Waals surface area contributed by atoms with Crippen molar-refractivity contribution in [3.63, 3.8) is 0 Å². The van der Waals surface area contributed by atoms with E-state index in [1.807, 2.05) is 6.92 Å². The molecule has 0 N–H and O–H groups in total. The van der Waals surface area contributed by atoms with Crippen LogP contribution < -0.4 is 4.74 Å². The number of hydrogen-bond donors (Lipinski definition) is 0. The van der Waals surface area contributed by atoms with Crippen molar-refractivity contribution in [3.8, 4) is 5.75 Å². The lowest BCUT2D eigenvalue weighted by Gasteiger charge is -2.05. The molecule has 0 saturated heterocycles. The molecule has 1 unspecified atom stereocenters. The van der Waals surface area contributed by atoms with E-state index in [2.05, 4.69) is 0 Å². The number of carbonyl (C=O) groups excluding carboxylic acids is 1. The first-order valence-electron chi connectivity index (χ1n) is 6.24. The molecular weight excluding hydrogens is 243 g/mol. The van der Waals surface area contributed by atoms with Gasteiger partial charge in [0.05, 0.1) is 5.56 Å². The van der Waals surface area contributed by atoms with Crippen LogP contribution in [0, 0.1) is 5.82 Å². The predicted molar refractivity (Wildman–Crippen MR) is 70.1 cm³/mol. The summed E-state index contributed by atoms with van der Waals surface area (Å²) in [6.45, 7) is 1.98. The summed E-state index contributed by atoms with van der Waals surface area (Å²) in [5.41, 5.74) is 1.62. The first-order valence-corrected chi connectivity index (χ1v) is 6.24. The molecule has 0 aromatic heterocycles. The van der Waals surface area contributed by atoms with E-state index >= 15 is 0 Å². The van der Waals surface area contributed by atoms with Crippen LogP contribution >= 0.6 is 0 Å². The van der Waals surface area contributed by atoms with Crippen molar-refractivity contribution >= 4 is 5.78 Å². The Labute approximate surface area is 110 Å². The molecular formula is C16H13FO2. The highest BCUT2D eigenvalue weighted by molar-refractivity contribution is 6.09. The Morgan fingerprint density at radius 1 is 1.26 bits per heavy atom. The minimum Gasteiger partial charge on any atom is -0.490 e. The fourth-order valence-corrected chi connectivity index (χ4v) is 2.36. The second kappa shape index (κ2) is 4.50. The van der Waals surface area contributed by atoms with Crippen LogP contribution in [0.2, 0.25) is 0 Å². The maximum Gasteiger partial charge on any atom is 0.195 e. The molecule has 0 radical (unpaired) electrons. The average molecular weight is 256 g/mol. The van der Waals surface area contributed by atoms with E-state index in [4.69, 9.17) is 4.74 Å². The molecule has 2 nitrogen and oxygen atoms in total. The zero-order valence-corrected chi connectivity index (χ0v) is 10.5. The van der Waals surface area contributed by atoms with Crippen molar-refractivity contribution in [1.82, 2.24) is 0 Å². The lowest BCUT2D eigenvalue weighted by atomic mass is 9.99. The number of halogens is 1. The van der Waals surface area contributed by atoms with Gasteiger partial charge in [-0.1, -0.05) is 12.1 Å². The Kier molecular flexibility index (Phi) is 2.82. The minimum absolute atomic E-state index is 0.106. The van der Waals surface area contributed by atoms with Crippen LogP contribution in [0.1, 0.15) is 28.4 Å². The van der Waals surface area contributed by atoms with Crippen LogP contribution in [-0.2, 0) is 6.42 Å². The Morgan fingerprint density at radius 3 is 2.84 bits per heavy atom. The molecule has 3 heteroatoms. The van der Waals surface area contributed by atoms with Gasteiger partial charge < -0.3 is 4.74 Å². The van der Waals surface area contributed by atoms with Gasteiger partial charge in [0, 0.05) is 12.0 Å². The summed E-state index contributed by atoms with van der Waals surface area (Å²) in [4.78, 5) is 12.3. The van der Waals surface area contributed by atoms with E-state index in [0.717, 1.165) is 17.7 Å². The number of hydrogen-bond acceptors (Lipinski definition) is 2. The van der Waals surface area contributed by atoms with E-state index in [1.54, 1.807) is 30.3 Å². The molecule has 2 aromatic carbocycles. The van der Waals surface area contributed by atoms with Gasteiger partial charge in [0.2, 0.25) is 0 Å². The smallest absolute Gasteiger partial charge is 0.195 e. The maximum atomic E-state index is 13.6. The van der Waals surface area contributed by atoms with Crippen LogP contribution in [0.3, 0.4) is 0 Å². The normalized spacial score (nSPS) is 16.8. The van der Waals surface area contributed by atoms with Crippen LogP contribution in [0.5, 0.6) is 5.75 Å². The van der Waals surface area contributed by atoms with Crippen LogP contribution in [-0.4, -0.2) is 11.9 Å². The first kappa shape index (κ1) is 11.9. The SMILES string of the molecule is CC1Cc2cc(C(=O)c3ccccc3F)ccc2O1. The molecule has 19 heavy (non-hydrogen) atoms. The standard InChI is InChI=1S/C16H13FO2/c1-10-8-12-9-11(6-7-15(12)19-10)16(18)13-4-2-3-5-14(13)17/h2-7,9-10H,8H2,1H3. The third-order valence-corrected chi connectivity index (χ3v) is 3.28. The summed E-state index contributed by atoms with van der Waals surface area (Å²) < 4.78 is 19.2.